The first kappa shape index (κ1) is 16.2. The Morgan fingerprint density at radius 1 is 1.04 bits per heavy atom. The second-order valence-corrected chi connectivity index (χ2v) is 7.05. The van der Waals surface area contributed by atoms with Crippen LogP contribution in [0, 0.1) is 0 Å². The molecule has 25 heavy (non-hydrogen) atoms. The Bertz CT molecular complexity index is 761. The highest BCUT2D eigenvalue weighted by atomic mass is 32.2. The van der Waals surface area contributed by atoms with Gasteiger partial charge in [0, 0.05) is 18.7 Å². The number of piperidine rings is 1. The smallest absolute Gasteiger partial charge is 0.232 e. The van der Waals surface area contributed by atoms with Crippen LogP contribution in [0.5, 0.6) is 11.5 Å². The van der Waals surface area contributed by atoms with Crippen LogP contribution < -0.4 is 9.47 Å². The quantitative estimate of drug-likeness (QED) is 0.784. The van der Waals surface area contributed by atoms with Gasteiger partial charge in [-0.25, -0.2) is 0 Å². The second kappa shape index (κ2) is 7.31. The number of amides is 1. The molecule has 3 heterocycles. The van der Waals surface area contributed by atoms with Crippen molar-refractivity contribution >= 4 is 17.7 Å². The first-order valence-corrected chi connectivity index (χ1v) is 9.42. The number of fused-ring (bicyclic) bond motifs is 1. The molecule has 0 radical (unpaired) electrons. The molecule has 130 valence electrons. The zero-order valence-electron chi connectivity index (χ0n) is 13.8. The summed E-state index contributed by atoms with van der Waals surface area (Å²) in [7, 11) is 0. The number of likely N-dealkylation sites (tertiary alicyclic amines) is 1. The van der Waals surface area contributed by atoms with E-state index >= 15 is 0 Å². The molecule has 1 aromatic heterocycles. The van der Waals surface area contributed by atoms with Gasteiger partial charge in [-0.3, -0.25) is 4.79 Å². The van der Waals surface area contributed by atoms with Crippen LogP contribution in [0.3, 0.4) is 0 Å². The van der Waals surface area contributed by atoms with E-state index in [-0.39, 0.29) is 12.7 Å². The van der Waals surface area contributed by atoms with Crippen LogP contribution in [0.25, 0.3) is 11.3 Å². The highest BCUT2D eigenvalue weighted by molar-refractivity contribution is 7.99. The van der Waals surface area contributed by atoms with Crippen molar-refractivity contribution in [2.75, 3.05) is 25.6 Å². The Kier molecular flexibility index (Phi) is 4.74. The molecular weight excluding hydrogens is 338 g/mol. The van der Waals surface area contributed by atoms with Gasteiger partial charge in [0.1, 0.15) is 5.03 Å². The van der Waals surface area contributed by atoms with Gasteiger partial charge in [-0.1, -0.05) is 11.8 Å². The van der Waals surface area contributed by atoms with Gasteiger partial charge < -0.3 is 14.4 Å². The van der Waals surface area contributed by atoms with Gasteiger partial charge in [-0.05, 0) is 49.6 Å². The summed E-state index contributed by atoms with van der Waals surface area (Å²) < 4.78 is 10.7. The van der Waals surface area contributed by atoms with Gasteiger partial charge in [0.15, 0.2) is 11.5 Å². The topological polar surface area (TPSA) is 64.5 Å². The Morgan fingerprint density at radius 2 is 1.88 bits per heavy atom. The Hall–Kier alpha value is -2.28. The average Bonchev–Trinajstić information content (AvgIpc) is 3.15. The lowest BCUT2D eigenvalue weighted by Gasteiger charge is -2.26. The minimum absolute atomic E-state index is 0.186. The van der Waals surface area contributed by atoms with Crippen LogP contribution in [-0.2, 0) is 4.79 Å². The highest BCUT2D eigenvalue weighted by Crippen LogP contribution is 2.35. The van der Waals surface area contributed by atoms with Crippen molar-refractivity contribution in [2.24, 2.45) is 0 Å². The Labute approximate surface area is 150 Å². The summed E-state index contributed by atoms with van der Waals surface area (Å²) >= 11 is 1.44. The van der Waals surface area contributed by atoms with E-state index in [0.29, 0.717) is 5.75 Å². The summed E-state index contributed by atoms with van der Waals surface area (Å²) in [5.74, 6) is 2.08. The van der Waals surface area contributed by atoms with E-state index in [1.165, 1.54) is 18.2 Å². The molecule has 6 nitrogen and oxygen atoms in total. The highest BCUT2D eigenvalue weighted by Gasteiger charge is 2.17. The summed E-state index contributed by atoms with van der Waals surface area (Å²) in [6.07, 6.45) is 3.45. The molecule has 0 atom stereocenters. The van der Waals surface area contributed by atoms with Crippen molar-refractivity contribution in [3.8, 4) is 22.8 Å². The molecule has 1 saturated heterocycles. The summed E-state index contributed by atoms with van der Waals surface area (Å²) in [5, 5.41) is 9.27. The fraction of sp³-hybridized carbons (Fsp3) is 0.389. The number of aromatic nitrogens is 2. The normalized spacial score (nSPS) is 16.1. The van der Waals surface area contributed by atoms with E-state index in [1.807, 2.05) is 35.2 Å². The van der Waals surface area contributed by atoms with E-state index in [0.717, 1.165) is 53.7 Å². The summed E-state index contributed by atoms with van der Waals surface area (Å²) in [5.41, 5.74) is 1.70. The predicted octanol–water partition coefficient (Wildman–Crippen LogP) is 2.98. The zero-order chi connectivity index (χ0) is 17.1. The van der Waals surface area contributed by atoms with Gasteiger partial charge in [0.25, 0.3) is 0 Å². The van der Waals surface area contributed by atoms with Crippen LogP contribution in [0.2, 0.25) is 0 Å². The lowest BCUT2D eigenvalue weighted by Crippen LogP contribution is -2.36. The second-order valence-electron chi connectivity index (χ2n) is 6.05. The van der Waals surface area contributed by atoms with Crippen molar-refractivity contribution in [2.45, 2.75) is 24.3 Å². The number of thioether (sulfide) groups is 1. The maximum absolute atomic E-state index is 12.2. The van der Waals surface area contributed by atoms with Crippen LogP contribution in [0.4, 0.5) is 0 Å². The van der Waals surface area contributed by atoms with E-state index in [2.05, 4.69) is 10.2 Å². The number of ether oxygens (including phenoxy) is 2. The van der Waals surface area contributed by atoms with E-state index in [9.17, 15) is 4.79 Å². The van der Waals surface area contributed by atoms with Gasteiger partial charge in [0.05, 0.1) is 11.4 Å². The first-order chi connectivity index (χ1) is 12.3. The van der Waals surface area contributed by atoms with Gasteiger partial charge in [-0.2, -0.15) is 0 Å². The Balaban J connectivity index is 1.37. The molecule has 7 heteroatoms. The molecule has 0 aliphatic carbocycles. The van der Waals surface area contributed by atoms with Gasteiger partial charge >= 0.3 is 0 Å². The van der Waals surface area contributed by atoms with Gasteiger partial charge in [0.2, 0.25) is 12.7 Å². The molecule has 0 N–H and O–H groups in total. The first-order valence-electron chi connectivity index (χ1n) is 8.44. The molecule has 2 aliphatic rings. The third kappa shape index (κ3) is 3.71. The molecule has 0 bridgehead atoms. The fourth-order valence-corrected chi connectivity index (χ4v) is 3.69. The van der Waals surface area contributed by atoms with Crippen molar-refractivity contribution in [1.82, 2.24) is 15.1 Å². The molecule has 2 aliphatic heterocycles. The molecule has 1 amide bonds. The van der Waals surface area contributed by atoms with Gasteiger partial charge in [-0.15, -0.1) is 10.2 Å². The SMILES string of the molecule is O=C(CSc1ccc(-c2ccc3c(c2)OCO3)nn1)N1CCCCC1. The largest absolute Gasteiger partial charge is 0.454 e. The standard InChI is InChI=1S/C18H19N3O3S/c22-18(21-8-2-1-3-9-21)11-25-17-7-5-14(19-20-17)13-4-6-15-16(10-13)24-12-23-15/h4-7,10H,1-3,8-9,11-12H2. The summed E-state index contributed by atoms with van der Waals surface area (Å²) in [4.78, 5) is 14.1. The predicted molar refractivity (Wildman–Crippen MR) is 94.7 cm³/mol. The summed E-state index contributed by atoms with van der Waals surface area (Å²) in [6, 6.07) is 9.53. The lowest BCUT2D eigenvalue weighted by atomic mass is 10.1. The third-order valence-corrected chi connectivity index (χ3v) is 5.27. The Morgan fingerprint density at radius 3 is 2.68 bits per heavy atom. The number of hydrogen-bond donors (Lipinski definition) is 0. The number of hydrogen-bond acceptors (Lipinski definition) is 6. The van der Waals surface area contributed by atoms with Crippen molar-refractivity contribution < 1.29 is 14.3 Å². The number of carbonyl (C=O) groups excluding carboxylic acids is 1. The van der Waals surface area contributed by atoms with E-state index in [1.54, 1.807) is 0 Å². The average molecular weight is 357 g/mol. The van der Waals surface area contributed by atoms with E-state index in [4.69, 9.17) is 9.47 Å². The molecule has 1 aromatic carbocycles. The molecule has 0 unspecified atom stereocenters. The summed E-state index contributed by atoms with van der Waals surface area (Å²) in [6.45, 7) is 2.02. The van der Waals surface area contributed by atoms with Crippen LogP contribution in [0.1, 0.15) is 19.3 Å². The molecule has 4 rings (SSSR count). The van der Waals surface area contributed by atoms with Crippen molar-refractivity contribution in [3.05, 3.63) is 30.3 Å². The third-order valence-electron chi connectivity index (χ3n) is 4.36. The van der Waals surface area contributed by atoms with Crippen LogP contribution in [-0.4, -0.2) is 46.6 Å². The van der Waals surface area contributed by atoms with Crippen LogP contribution >= 0.6 is 11.8 Å². The fourth-order valence-electron chi connectivity index (χ4n) is 2.98. The molecule has 1 fully saturated rings. The maximum Gasteiger partial charge on any atom is 0.232 e. The number of benzene rings is 1. The van der Waals surface area contributed by atoms with Crippen LogP contribution in [0.15, 0.2) is 35.4 Å². The molecular formula is C18H19N3O3S. The monoisotopic (exact) mass is 357 g/mol. The van der Waals surface area contributed by atoms with E-state index < -0.39 is 0 Å². The van der Waals surface area contributed by atoms with Crippen molar-refractivity contribution in [1.29, 1.82) is 0 Å². The zero-order valence-corrected chi connectivity index (χ0v) is 14.6. The molecule has 0 spiro atoms. The number of carbonyl (C=O) groups is 1. The minimum Gasteiger partial charge on any atom is -0.454 e. The minimum atomic E-state index is 0.186. The molecule has 2 aromatic rings. The maximum atomic E-state index is 12.2. The number of nitrogens with zero attached hydrogens (tertiary/aromatic N) is 3. The lowest BCUT2D eigenvalue weighted by molar-refractivity contribution is -0.129. The molecule has 0 saturated carbocycles. The number of rotatable bonds is 4. The van der Waals surface area contributed by atoms with Crippen molar-refractivity contribution in [3.63, 3.8) is 0 Å².